The number of hydrogen-bond acceptors (Lipinski definition) is 1. The molecular weight excluding hydrogens is 213 g/mol. The predicted octanol–water partition coefficient (Wildman–Crippen LogP) is 2.97. The fraction of sp³-hybridized carbons (Fsp3) is 0. The smallest absolute Gasteiger partial charge is 0.0992 e. The molecule has 1 nitrogen and oxygen atoms in total. The average molecular weight is 219 g/mol. The van der Waals surface area contributed by atoms with Crippen LogP contribution < -0.4 is 0 Å². The van der Waals surface area contributed by atoms with Gasteiger partial charge in [-0.1, -0.05) is 11.6 Å². The molecule has 0 radical (unpaired) electrons. The summed E-state index contributed by atoms with van der Waals surface area (Å²) in [5.74, 6) is 0. The zero-order valence-electron chi connectivity index (χ0n) is 7.70. The second kappa shape index (κ2) is 3.05. The zero-order chi connectivity index (χ0) is 10.2. The Morgan fingerprint density at radius 2 is 2.40 bits per heavy atom. The number of hydrogen-bond donors (Lipinski definition) is 0. The van der Waals surface area contributed by atoms with Crippen molar-refractivity contribution in [1.29, 1.82) is 5.26 Å². The molecule has 10 heavy (non-hydrogen) atoms. The molecule has 0 N–H and O–H groups in total. The van der Waals surface area contributed by atoms with Crippen LogP contribution >= 0.6 is 27.5 Å². The van der Waals surface area contributed by atoms with Gasteiger partial charge in [-0.3, -0.25) is 0 Å². The van der Waals surface area contributed by atoms with Gasteiger partial charge in [0.2, 0.25) is 0 Å². The fourth-order valence-corrected chi connectivity index (χ4v) is 0.764. The van der Waals surface area contributed by atoms with E-state index >= 15 is 0 Å². The second-order valence-electron chi connectivity index (χ2n) is 1.49. The van der Waals surface area contributed by atoms with Gasteiger partial charge in [0.05, 0.1) is 20.8 Å². The monoisotopic (exact) mass is 218 g/mol. The largest absolute Gasteiger partial charge is 0.192 e. The summed E-state index contributed by atoms with van der Waals surface area (Å²) in [6.07, 6.45) is 0. The minimum Gasteiger partial charge on any atom is -0.192 e. The molecule has 0 saturated heterocycles. The van der Waals surface area contributed by atoms with Crippen molar-refractivity contribution in [2.75, 3.05) is 0 Å². The van der Waals surface area contributed by atoms with Crippen LogP contribution in [0, 0.1) is 11.3 Å². The van der Waals surface area contributed by atoms with Crippen LogP contribution in [0.3, 0.4) is 0 Å². The van der Waals surface area contributed by atoms with Crippen LogP contribution in [-0.4, -0.2) is 0 Å². The number of nitriles is 1. The molecule has 50 valence electrons. The molecule has 0 aliphatic heterocycles. The maximum atomic E-state index is 8.59. The van der Waals surface area contributed by atoms with Gasteiger partial charge in [-0.2, -0.15) is 5.26 Å². The van der Waals surface area contributed by atoms with Gasteiger partial charge in [-0.15, -0.1) is 0 Å². The van der Waals surface area contributed by atoms with Crippen molar-refractivity contribution >= 4 is 27.5 Å². The number of benzene rings is 1. The van der Waals surface area contributed by atoms with Gasteiger partial charge in [0.25, 0.3) is 0 Å². The van der Waals surface area contributed by atoms with Crippen molar-refractivity contribution in [3.05, 3.63) is 33.2 Å². The average Bonchev–Trinajstić information content (AvgIpc) is 2.13. The summed E-state index contributed by atoms with van der Waals surface area (Å²) in [6.45, 7) is 0. The van der Waals surface area contributed by atoms with E-state index in [-0.39, 0.29) is 33.2 Å². The van der Waals surface area contributed by atoms with Crippen LogP contribution in [0.5, 0.6) is 0 Å². The molecule has 3 heteroatoms. The molecule has 1 aromatic rings. The Morgan fingerprint density at radius 1 is 1.70 bits per heavy atom. The van der Waals surface area contributed by atoms with Gasteiger partial charge in [0, 0.05) is 4.47 Å². The first-order valence-corrected chi connectivity index (χ1v) is 3.52. The zero-order valence-corrected chi connectivity index (χ0v) is 7.05. The topological polar surface area (TPSA) is 23.8 Å². The molecule has 0 bridgehead atoms. The summed E-state index contributed by atoms with van der Waals surface area (Å²) in [5, 5.41) is 8.59. The van der Waals surface area contributed by atoms with Crippen molar-refractivity contribution in [1.82, 2.24) is 0 Å². The molecule has 0 spiro atoms. The minimum absolute atomic E-state index is 0.00227. The van der Waals surface area contributed by atoms with E-state index in [0.29, 0.717) is 0 Å². The van der Waals surface area contributed by atoms with Gasteiger partial charge < -0.3 is 0 Å². The molecule has 0 heterocycles. The van der Waals surface area contributed by atoms with Gasteiger partial charge >= 0.3 is 0 Å². The lowest BCUT2D eigenvalue weighted by molar-refractivity contribution is 1.48. The Hall–Kier alpha value is -0.520. The molecule has 1 aromatic carbocycles. The summed E-state index contributed by atoms with van der Waals surface area (Å²) in [7, 11) is 0. The van der Waals surface area contributed by atoms with E-state index < -0.39 is 0 Å². The SMILES string of the molecule is [2H]c1c([2H])c(C#N)c([2H])c(Cl)c1Br. The van der Waals surface area contributed by atoms with E-state index in [1.165, 1.54) is 0 Å². The third-order valence-electron chi connectivity index (χ3n) is 0.836. The first-order chi connectivity index (χ1) is 6.00. The fourth-order valence-electron chi connectivity index (χ4n) is 0.424. The second-order valence-corrected chi connectivity index (χ2v) is 2.66. The third-order valence-corrected chi connectivity index (χ3v) is 1.94. The summed E-state index contributed by atoms with van der Waals surface area (Å²) in [4.78, 5) is 0. The molecule has 0 saturated carbocycles. The Labute approximate surface area is 76.6 Å². The number of rotatable bonds is 0. The van der Waals surface area contributed by atoms with Gasteiger partial charge in [-0.05, 0) is 34.1 Å². The van der Waals surface area contributed by atoms with E-state index in [2.05, 4.69) is 15.9 Å². The van der Waals surface area contributed by atoms with E-state index in [9.17, 15) is 0 Å². The highest BCUT2D eigenvalue weighted by atomic mass is 79.9. The van der Waals surface area contributed by atoms with Crippen LogP contribution in [-0.2, 0) is 0 Å². The van der Waals surface area contributed by atoms with Crippen LogP contribution in [0.25, 0.3) is 0 Å². The van der Waals surface area contributed by atoms with Crippen molar-refractivity contribution in [3.8, 4) is 6.07 Å². The van der Waals surface area contributed by atoms with Crippen molar-refractivity contribution in [3.63, 3.8) is 0 Å². The van der Waals surface area contributed by atoms with E-state index in [1.807, 2.05) is 0 Å². The quantitative estimate of drug-likeness (QED) is 0.658. The molecular formula is C7H3BrClN. The molecule has 0 aliphatic carbocycles. The maximum Gasteiger partial charge on any atom is 0.0992 e. The normalized spacial score (nSPS) is 13.1. The molecule has 0 unspecified atom stereocenters. The number of halogens is 2. The summed E-state index contributed by atoms with van der Waals surface area (Å²) >= 11 is 8.63. The van der Waals surface area contributed by atoms with Gasteiger partial charge in [0.15, 0.2) is 0 Å². The van der Waals surface area contributed by atoms with E-state index in [0.717, 1.165) is 0 Å². The summed E-state index contributed by atoms with van der Waals surface area (Å²) in [5.41, 5.74) is -0.168. The molecule has 1 rings (SSSR count). The molecule has 0 fully saturated rings. The predicted molar refractivity (Wildman–Crippen MR) is 43.9 cm³/mol. The van der Waals surface area contributed by atoms with Crippen molar-refractivity contribution in [2.45, 2.75) is 0 Å². The lowest BCUT2D eigenvalue weighted by Crippen LogP contribution is -1.73. The van der Waals surface area contributed by atoms with Crippen LogP contribution in [0.15, 0.2) is 22.6 Å². The van der Waals surface area contributed by atoms with Crippen molar-refractivity contribution < 1.29 is 4.11 Å². The molecule has 0 amide bonds. The highest BCUT2D eigenvalue weighted by molar-refractivity contribution is 9.10. The van der Waals surface area contributed by atoms with E-state index in [1.54, 1.807) is 6.07 Å². The number of nitrogens with zero attached hydrogens (tertiary/aromatic N) is 1. The Morgan fingerprint density at radius 3 is 3.00 bits per heavy atom. The van der Waals surface area contributed by atoms with E-state index in [4.69, 9.17) is 21.0 Å². The third kappa shape index (κ3) is 1.50. The highest BCUT2D eigenvalue weighted by Gasteiger charge is 1.96. The Bertz CT molecular complexity index is 384. The van der Waals surface area contributed by atoms with Gasteiger partial charge in [-0.25, -0.2) is 0 Å². The van der Waals surface area contributed by atoms with Crippen LogP contribution in [0.2, 0.25) is 5.02 Å². The summed E-state index contributed by atoms with van der Waals surface area (Å²) in [6, 6.07) is 1.02. The first kappa shape index (κ1) is 4.38. The highest BCUT2D eigenvalue weighted by Crippen LogP contribution is 2.22. The molecule has 0 aromatic heterocycles. The molecule has 0 aliphatic rings. The summed E-state index contributed by atoms with van der Waals surface area (Å²) < 4.78 is 22.3. The Kier molecular flexibility index (Phi) is 1.33. The molecule has 0 atom stereocenters. The van der Waals surface area contributed by atoms with Gasteiger partial charge in [0.1, 0.15) is 0 Å². The standard InChI is InChI=1S/C7H3BrClN/c8-6-2-1-5(4-10)3-7(6)9/h1-3H/i1D,2D,3D. The van der Waals surface area contributed by atoms with Crippen LogP contribution in [0.1, 0.15) is 9.68 Å². The minimum atomic E-state index is -0.274. The Balaban J connectivity index is 3.69. The lowest BCUT2D eigenvalue weighted by Gasteiger charge is -1.93. The lowest BCUT2D eigenvalue weighted by atomic mass is 10.2. The van der Waals surface area contributed by atoms with Crippen molar-refractivity contribution in [2.24, 2.45) is 0 Å². The van der Waals surface area contributed by atoms with Crippen LogP contribution in [0.4, 0.5) is 0 Å². The first-order valence-electron chi connectivity index (χ1n) is 3.85. The maximum absolute atomic E-state index is 8.59.